The van der Waals surface area contributed by atoms with Crippen LogP contribution in [-0.2, 0) is 27.4 Å². The number of hydrogen-bond acceptors (Lipinski definition) is 5. The molecule has 1 fully saturated rings. The molecule has 9 heteroatoms. The van der Waals surface area contributed by atoms with Gasteiger partial charge in [0.05, 0.1) is 32.1 Å². The third-order valence-electron chi connectivity index (χ3n) is 7.45. The third kappa shape index (κ3) is 7.42. The molecule has 0 saturated carbocycles. The number of aromatic nitrogens is 2. The number of ether oxygens (including phenoxy) is 3. The Bertz CT molecular complexity index is 1620. The first kappa shape index (κ1) is 30.1. The topological polar surface area (TPSA) is 45.5 Å². The summed E-state index contributed by atoms with van der Waals surface area (Å²) in [6.45, 7) is 1.04. The van der Waals surface area contributed by atoms with Gasteiger partial charge in [0.15, 0.2) is 17.5 Å². The summed E-state index contributed by atoms with van der Waals surface area (Å²) in [5.74, 6) is -4.00. The zero-order valence-corrected chi connectivity index (χ0v) is 24.6. The Morgan fingerprint density at radius 3 is 2.07 bits per heavy atom. The van der Waals surface area contributed by atoms with E-state index in [9.17, 15) is 13.2 Å². The summed E-state index contributed by atoms with van der Waals surface area (Å²) in [6, 6.07) is 31.4. The lowest BCUT2D eigenvalue weighted by atomic mass is 9.99. The quantitative estimate of drug-likeness (QED) is 0.140. The van der Waals surface area contributed by atoms with Gasteiger partial charge < -0.3 is 14.2 Å². The SMILES string of the molecule is Fc1cc(-c2cnn(C3CC(Sc4ccccc4)OC(COCc4ccccc4)C3OCc3ccccc3)c2)cc(F)c1F. The molecule has 1 aromatic heterocycles. The predicted octanol–water partition coefficient (Wildman–Crippen LogP) is 8.22. The van der Waals surface area contributed by atoms with Crippen LogP contribution in [-0.4, -0.2) is 34.0 Å². The summed E-state index contributed by atoms with van der Waals surface area (Å²) in [5, 5.41) is 4.60. The molecule has 5 aromatic rings. The highest BCUT2D eigenvalue weighted by Gasteiger charge is 2.42. The first-order valence-electron chi connectivity index (χ1n) is 14.4. The monoisotopic (exact) mass is 616 g/mol. The second-order valence-electron chi connectivity index (χ2n) is 10.6. The van der Waals surface area contributed by atoms with Crippen LogP contribution in [0, 0.1) is 17.5 Å². The third-order valence-corrected chi connectivity index (χ3v) is 8.57. The molecular weight excluding hydrogens is 585 g/mol. The summed E-state index contributed by atoms with van der Waals surface area (Å²) in [5.41, 5.74) is 2.46. The normalized spacial score (nSPS) is 20.1. The molecule has 4 unspecified atom stereocenters. The predicted molar refractivity (Wildman–Crippen MR) is 163 cm³/mol. The fourth-order valence-electron chi connectivity index (χ4n) is 5.27. The Hall–Kier alpha value is -3.89. The van der Waals surface area contributed by atoms with Gasteiger partial charge in [-0.1, -0.05) is 90.6 Å². The summed E-state index contributed by atoms with van der Waals surface area (Å²) < 4.78 is 62.9. The number of nitrogens with zero attached hydrogens (tertiary/aromatic N) is 2. The Morgan fingerprint density at radius 2 is 1.41 bits per heavy atom. The summed E-state index contributed by atoms with van der Waals surface area (Å²) in [4.78, 5) is 1.06. The maximum absolute atomic E-state index is 14.1. The van der Waals surface area contributed by atoms with Crippen molar-refractivity contribution in [1.29, 1.82) is 0 Å². The van der Waals surface area contributed by atoms with Crippen molar-refractivity contribution in [3.8, 4) is 11.1 Å². The molecule has 6 rings (SSSR count). The van der Waals surface area contributed by atoms with E-state index in [-0.39, 0.29) is 23.6 Å². The van der Waals surface area contributed by atoms with Gasteiger partial charge in [0.25, 0.3) is 0 Å². The van der Waals surface area contributed by atoms with E-state index in [4.69, 9.17) is 14.2 Å². The maximum atomic E-state index is 14.1. The van der Waals surface area contributed by atoms with E-state index in [0.29, 0.717) is 25.2 Å². The molecule has 1 saturated heterocycles. The minimum absolute atomic E-state index is 0.194. The van der Waals surface area contributed by atoms with Crippen LogP contribution in [0.1, 0.15) is 23.6 Å². The van der Waals surface area contributed by atoms with Gasteiger partial charge >= 0.3 is 0 Å². The number of hydrogen-bond donors (Lipinski definition) is 0. The standard InChI is InChI=1S/C35H31F3N2O3S/c36-29-16-26(17-30(37)34(29)38)27-19-39-40(20-27)31-18-33(44-28-14-8-3-9-15-28)43-32(23-41-21-24-10-4-1-5-11-24)35(31)42-22-25-12-6-2-7-13-25/h1-17,19-20,31-33,35H,18,21-23H2. The minimum Gasteiger partial charge on any atom is -0.374 e. The number of benzene rings is 4. The zero-order valence-electron chi connectivity index (χ0n) is 23.8. The fraction of sp³-hybridized carbons (Fsp3) is 0.229. The number of rotatable bonds is 11. The molecule has 1 aliphatic heterocycles. The van der Waals surface area contributed by atoms with E-state index in [0.717, 1.165) is 28.2 Å². The second kappa shape index (κ2) is 14.3. The average molecular weight is 617 g/mol. The van der Waals surface area contributed by atoms with Crippen LogP contribution in [0.3, 0.4) is 0 Å². The molecule has 4 aromatic carbocycles. The molecule has 4 atom stereocenters. The van der Waals surface area contributed by atoms with Gasteiger partial charge in [0.1, 0.15) is 17.6 Å². The molecule has 0 radical (unpaired) electrons. The Labute approximate surface area is 258 Å². The molecule has 226 valence electrons. The largest absolute Gasteiger partial charge is 0.374 e. The average Bonchev–Trinajstić information content (AvgIpc) is 3.55. The molecule has 0 bridgehead atoms. The fourth-order valence-corrected chi connectivity index (χ4v) is 6.38. The molecule has 0 N–H and O–H groups in total. The molecule has 0 amide bonds. The Balaban J connectivity index is 1.30. The van der Waals surface area contributed by atoms with Crippen LogP contribution in [0.5, 0.6) is 0 Å². The summed E-state index contributed by atoms with van der Waals surface area (Å²) in [7, 11) is 0. The van der Waals surface area contributed by atoms with E-state index in [1.165, 1.54) is 6.20 Å². The van der Waals surface area contributed by atoms with Crippen molar-refractivity contribution in [2.45, 2.75) is 48.2 Å². The van der Waals surface area contributed by atoms with Crippen molar-refractivity contribution < 1.29 is 27.4 Å². The lowest BCUT2D eigenvalue weighted by molar-refractivity contribution is -0.167. The van der Waals surface area contributed by atoms with Crippen molar-refractivity contribution in [2.75, 3.05) is 6.61 Å². The molecule has 44 heavy (non-hydrogen) atoms. The van der Waals surface area contributed by atoms with Gasteiger partial charge in [-0.25, -0.2) is 13.2 Å². The lowest BCUT2D eigenvalue weighted by Gasteiger charge is -2.41. The first-order chi connectivity index (χ1) is 21.5. The van der Waals surface area contributed by atoms with E-state index in [1.54, 1.807) is 22.6 Å². The highest BCUT2D eigenvalue weighted by Crippen LogP contribution is 2.40. The zero-order chi connectivity index (χ0) is 30.3. The summed E-state index contributed by atoms with van der Waals surface area (Å²) >= 11 is 1.61. The molecule has 2 heterocycles. The van der Waals surface area contributed by atoms with Gasteiger partial charge in [0, 0.05) is 23.1 Å². The van der Waals surface area contributed by atoms with Crippen LogP contribution < -0.4 is 0 Å². The molecule has 5 nitrogen and oxygen atoms in total. The Kier molecular flexibility index (Phi) is 9.77. The first-order valence-corrected chi connectivity index (χ1v) is 15.2. The van der Waals surface area contributed by atoms with Crippen molar-refractivity contribution in [1.82, 2.24) is 9.78 Å². The van der Waals surface area contributed by atoms with E-state index < -0.39 is 29.7 Å². The Morgan fingerprint density at radius 1 is 0.795 bits per heavy atom. The minimum atomic E-state index is -1.50. The van der Waals surface area contributed by atoms with Crippen LogP contribution in [0.15, 0.2) is 120 Å². The van der Waals surface area contributed by atoms with Crippen LogP contribution >= 0.6 is 11.8 Å². The van der Waals surface area contributed by atoms with E-state index in [1.807, 2.05) is 91.0 Å². The molecular formula is C35H31F3N2O3S. The molecule has 0 spiro atoms. The molecule has 1 aliphatic rings. The smallest absolute Gasteiger partial charge is 0.194 e. The second-order valence-corrected chi connectivity index (χ2v) is 11.8. The van der Waals surface area contributed by atoms with Crippen LogP contribution in [0.4, 0.5) is 13.2 Å². The highest BCUT2D eigenvalue weighted by atomic mass is 32.2. The van der Waals surface area contributed by atoms with Gasteiger partial charge in [-0.3, -0.25) is 4.68 Å². The number of halogens is 3. The number of thioether (sulfide) groups is 1. The van der Waals surface area contributed by atoms with Gasteiger partial charge in [-0.15, -0.1) is 0 Å². The summed E-state index contributed by atoms with van der Waals surface area (Å²) in [6.07, 6.45) is 2.87. The van der Waals surface area contributed by atoms with Crippen molar-refractivity contribution in [2.24, 2.45) is 0 Å². The van der Waals surface area contributed by atoms with Crippen molar-refractivity contribution >= 4 is 11.8 Å². The van der Waals surface area contributed by atoms with Crippen LogP contribution in [0.2, 0.25) is 0 Å². The van der Waals surface area contributed by atoms with Gasteiger partial charge in [0.2, 0.25) is 0 Å². The lowest BCUT2D eigenvalue weighted by Crippen LogP contribution is -2.48. The van der Waals surface area contributed by atoms with Crippen molar-refractivity contribution in [3.63, 3.8) is 0 Å². The maximum Gasteiger partial charge on any atom is 0.194 e. The highest BCUT2D eigenvalue weighted by molar-refractivity contribution is 7.99. The van der Waals surface area contributed by atoms with E-state index in [2.05, 4.69) is 5.10 Å². The van der Waals surface area contributed by atoms with Gasteiger partial charge in [-0.2, -0.15) is 5.10 Å². The van der Waals surface area contributed by atoms with Crippen molar-refractivity contribution in [3.05, 3.63) is 144 Å². The molecule has 0 aliphatic carbocycles. The van der Waals surface area contributed by atoms with Crippen LogP contribution in [0.25, 0.3) is 11.1 Å². The van der Waals surface area contributed by atoms with Gasteiger partial charge in [-0.05, 0) is 41.0 Å². The van der Waals surface area contributed by atoms with E-state index >= 15 is 0 Å².